The fourth-order valence-electron chi connectivity index (χ4n) is 2.33. The molecule has 0 heterocycles. The fraction of sp³-hybridized carbons (Fsp3) is 0.263. The van der Waals surface area contributed by atoms with E-state index in [0.29, 0.717) is 12.1 Å². The number of carboxylic acid groups (broad SMARTS) is 1. The van der Waals surface area contributed by atoms with Crippen molar-refractivity contribution in [2.45, 2.75) is 32.2 Å². The summed E-state index contributed by atoms with van der Waals surface area (Å²) in [5.74, 6) is -0.873. The third kappa shape index (κ3) is 5.43. The highest BCUT2D eigenvalue weighted by atomic mass is 16.4. The molecule has 0 saturated carbocycles. The van der Waals surface area contributed by atoms with E-state index in [4.69, 9.17) is 5.11 Å². The van der Waals surface area contributed by atoms with E-state index < -0.39 is 11.5 Å². The molecule has 0 saturated heterocycles. The van der Waals surface area contributed by atoms with E-state index in [9.17, 15) is 9.59 Å². The number of carboxylic acids is 1. The first-order chi connectivity index (χ1) is 11.4. The molecule has 2 aromatic carbocycles. The van der Waals surface area contributed by atoms with Crippen LogP contribution < -0.4 is 10.6 Å². The van der Waals surface area contributed by atoms with Crippen LogP contribution in [0, 0.1) is 0 Å². The molecule has 2 rings (SSSR count). The monoisotopic (exact) mass is 326 g/mol. The lowest BCUT2D eigenvalue weighted by Gasteiger charge is -2.25. The van der Waals surface area contributed by atoms with Gasteiger partial charge in [-0.3, -0.25) is 4.79 Å². The summed E-state index contributed by atoms with van der Waals surface area (Å²) >= 11 is 0. The number of aliphatic carboxylic acids is 1. The lowest BCUT2D eigenvalue weighted by molar-refractivity contribution is -0.137. The number of hydrogen-bond donors (Lipinski definition) is 3. The van der Waals surface area contributed by atoms with Crippen LogP contribution in [0.15, 0.2) is 54.6 Å². The van der Waals surface area contributed by atoms with E-state index in [-0.39, 0.29) is 12.5 Å². The SMILES string of the molecule is CC(C)(CCC(=O)O)NC(=O)Nc1ccc(-c2ccccc2)cc1. The second-order valence-corrected chi connectivity index (χ2v) is 6.30. The number of nitrogens with one attached hydrogen (secondary N) is 2. The van der Waals surface area contributed by atoms with Crippen LogP contribution in [-0.4, -0.2) is 22.6 Å². The molecule has 0 bridgehead atoms. The van der Waals surface area contributed by atoms with E-state index in [0.717, 1.165) is 11.1 Å². The Balaban J connectivity index is 1.93. The molecule has 0 fully saturated rings. The Bertz CT molecular complexity index is 694. The molecule has 0 unspecified atom stereocenters. The summed E-state index contributed by atoms with van der Waals surface area (Å²) in [5, 5.41) is 14.3. The first kappa shape index (κ1) is 17.5. The summed E-state index contributed by atoms with van der Waals surface area (Å²) in [6, 6.07) is 17.2. The van der Waals surface area contributed by atoms with Crippen LogP contribution in [0.1, 0.15) is 26.7 Å². The fourth-order valence-corrected chi connectivity index (χ4v) is 2.33. The molecule has 2 amide bonds. The predicted molar refractivity (Wildman–Crippen MR) is 95.0 cm³/mol. The van der Waals surface area contributed by atoms with E-state index in [1.807, 2.05) is 54.6 Å². The van der Waals surface area contributed by atoms with E-state index in [1.165, 1.54) is 0 Å². The van der Waals surface area contributed by atoms with Crippen LogP contribution >= 0.6 is 0 Å². The number of amides is 2. The highest BCUT2D eigenvalue weighted by Crippen LogP contribution is 2.21. The first-order valence-electron chi connectivity index (χ1n) is 7.82. The number of hydrogen-bond acceptors (Lipinski definition) is 2. The Morgan fingerprint density at radius 2 is 1.54 bits per heavy atom. The van der Waals surface area contributed by atoms with Crippen molar-refractivity contribution < 1.29 is 14.7 Å². The number of urea groups is 1. The van der Waals surface area contributed by atoms with Gasteiger partial charge >= 0.3 is 12.0 Å². The van der Waals surface area contributed by atoms with Crippen LogP contribution in [-0.2, 0) is 4.79 Å². The lowest BCUT2D eigenvalue weighted by Crippen LogP contribution is -2.45. The summed E-state index contributed by atoms with van der Waals surface area (Å²) < 4.78 is 0. The molecule has 126 valence electrons. The normalized spacial score (nSPS) is 10.9. The van der Waals surface area contributed by atoms with E-state index >= 15 is 0 Å². The summed E-state index contributed by atoms with van der Waals surface area (Å²) in [7, 11) is 0. The van der Waals surface area contributed by atoms with Crippen LogP contribution in [0.25, 0.3) is 11.1 Å². The zero-order chi connectivity index (χ0) is 17.6. The standard InChI is InChI=1S/C19H22N2O3/c1-19(2,13-12-17(22)23)21-18(24)20-16-10-8-15(9-11-16)14-6-4-3-5-7-14/h3-11H,12-13H2,1-2H3,(H,22,23)(H2,20,21,24). The van der Waals surface area contributed by atoms with Crippen molar-refractivity contribution in [1.29, 1.82) is 0 Å². The zero-order valence-electron chi connectivity index (χ0n) is 13.9. The Labute approximate surface area is 141 Å². The van der Waals surface area contributed by atoms with Gasteiger partial charge in [-0.15, -0.1) is 0 Å². The summed E-state index contributed by atoms with van der Waals surface area (Å²) in [5.41, 5.74) is 2.28. The molecule has 5 nitrogen and oxygen atoms in total. The highest BCUT2D eigenvalue weighted by molar-refractivity contribution is 5.90. The number of carbonyl (C=O) groups is 2. The molecular weight excluding hydrogens is 304 g/mol. The van der Waals surface area contributed by atoms with Gasteiger partial charge in [0.05, 0.1) is 0 Å². The minimum absolute atomic E-state index is 0.0129. The van der Waals surface area contributed by atoms with Crippen LogP contribution in [0.2, 0.25) is 0 Å². The maximum absolute atomic E-state index is 12.1. The third-order valence-electron chi connectivity index (χ3n) is 3.67. The quantitative estimate of drug-likeness (QED) is 0.747. The van der Waals surface area contributed by atoms with E-state index in [2.05, 4.69) is 10.6 Å². The molecule has 0 aliphatic carbocycles. The summed E-state index contributed by atoms with van der Waals surface area (Å²) in [6.45, 7) is 3.60. The molecule has 24 heavy (non-hydrogen) atoms. The molecule has 0 aromatic heterocycles. The lowest BCUT2D eigenvalue weighted by atomic mass is 9.99. The molecule has 2 aromatic rings. The minimum atomic E-state index is -0.873. The van der Waals surface area contributed by atoms with Gasteiger partial charge in [0.15, 0.2) is 0 Å². The Kier molecular flexibility index (Phi) is 5.58. The van der Waals surface area contributed by atoms with Gasteiger partial charge in [0.2, 0.25) is 0 Å². The predicted octanol–water partition coefficient (Wildman–Crippen LogP) is 4.12. The number of rotatable bonds is 6. The molecule has 0 radical (unpaired) electrons. The molecule has 0 spiro atoms. The van der Waals surface area contributed by atoms with Crippen LogP contribution in [0.4, 0.5) is 10.5 Å². The van der Waals surface area contributed by atoms with Crippen molar-refractivity contribution in [2.75, 3.05) is 5.32 Å². The van der Waals surface area contributed by atoms with Crippen molar-refractivity contribution >= 4 is 17.7 Å². The van der Waals surface area contributed by atoms with Crippen molar-refractivity contribution in [2.24, 2.45) is 0 Å². The topological polar surface area (TPSA) is 78.4 Å². The molecule has 0 aliphatic rings. The van der Waals surface area contributed by atoms with Crippen LogP contribution in [0.3, 0.4) is 0 Å². The number of benzene rings is 2. The first-order valence-corrected chi connectivity index (χ1v) is 7.82. The molecule has 0 aliphatic heterocycles. The third-order valence-corrected chi connectivity index (χ3v) is 3.67. The minimum Gasteiger partial charge on any atom is -0.481 e. The van der Waals surface area contributed by atoms with Gasteiger partial charge in [-0.25, -0.2) is 4.79 Å². The maximum Gasteiger partial charge on any atom is 0.319 e. The summed E-state index contributed by atoms with van der Waals surface area (Å²) in [6.07, 6.45) is 0.377. The van der Waals surface area contributed by atoms with Crippen molar-refractivity contribution in [3.8, 4) is 11.1 Å². The molecule has 5 heteroatoms. The van der Waals surface area contributed by atoms with Gasteiger partial charge in [0, 0.05) is 17.6 Å². The van der Waals surface area contributed by atoms with Gasteiger partial charge in [-0.1, -0.05) is 42.5 Å². The number of anilines is 1. The second-order valence-electron chi connectivity index (χ2n) is 6.30. The van der Waals surface area contributed by atoms with Gasteiger partial charge in [-0.2, -0.15) is 0 Å². The zero-order valence-corrected chi connectivity index (χ0v) is 13.9. The average molecular weight is 326 g/mol. The second kappa shape index (κ2) is 7.64. The van der Waals surface area contributed by atoms with Crippen molar-refractivity contribution in [3.05, 3.63) is 54.6 Å². The Hall–Kier alpha value is -2.82. The van der Waals surface area contributed by atoms with Gasteiger partial charge < -0.3 is 15.7 Å². The van der Waals surface area contributed by atoms with Crippen molar-refractivity contribution in [3.63, 3.8) is 0 Å². The molecular formula is C19H22N2O3. The molecule has 3 N–H and O–H groups in total. The smallest absolute Gasteiger partial charge is 0.319 e. The Morgan fingerprint density at radius 1 is 0.958 bits per heavy atom. The van der Waals surface area contributed by atoms with Crippen LogP contribution in [0.5, 0.6) is 0 Å². The largest absolute Gasteiger partial charge is 0.481 e. The maximum atomic E-state index is 12.1. The molecule has 0 atom stereocenters. The highest BCUT2D eigenvalue weighted by Gasteiger charge is 2.21. The van der Waals surface area contributed by atoms with Gasteiger partial charge in [-0.05, 0) is 43.5 Å². The average Bonchev–Trinajstić information content (AvgIpc) is 2.54. The van der Waals surface area contributed by atoms with Gasteiger partial charge in [0.1, 0.15) is 0 Å². The summed E-state index contributed by atoms with van der Waals surface area (Å²) in [4.78, 5) is 22.7. The van der Waals surface area contributed by atoms with Crippen molar-refractivity contribution in [1.82, 2.24) is 5.32 Å². The number of carbonyl (C=O) groups excluding carboxylic acids is 1. The Morgan fingerprint density at radius 3 is 2.12 bits per heavy atom. The van der Waals surface area contributed by atoms with E-state index in [1.54, 1.807) is 13.8 Å². The van der Waals surface area contributed by atoms with Gasteiger partial charge in [0.25, 0.3) is 0 Å².